The fourth-order valence-electron chi connectivity index (χ4n) is 2.76. The Morgan fingerprint density at radius 1 is 1.38 bits per heavy atom. The minimum absolute atomic E-state index is 0.0441. The Labute approximate surface area is 124 Å². The molecule has 2 rings (SSSR count). The third kappa shape index (κ3) is 4.25. The number of hydrogen-bond donors (Lipinski definition) is 3. The summed E-state index contributed by atoms with van der Waals surface area (Å²) < 4.78 is 5.55. The molecule has 0 spiro atoms. The van der Waals surface area contributed by atoms with Gasteiger partial charge in [-0.25, -0.2) is 5.84 Å². The molecule has 0 radical (unpaired) electrons. The van der Waals surface area contributed by atoms with E-state index in [9.17, 15) is 4.79 Å². The number of nitrogens with two attached hydrogens (primary N) is 1. The Hall–Kier alpha value is -1.47. The van der Waals surface area contributed by atoms with Crippen LogP contribution in [0.2, 0.25) is 0 Å². The molecule has 116 valence electrons. The Balaban J connectivity index is 2.01. The lowest BCUT2D eigenvalue weighted by molar-refractivity contribution is -0.128. The summed E-state index contributed by atoms with van der Waals surface area (Å²) in [5.74, 6) is 5.13. The first-order valence-corrected chi connectivity index (χ1v) is 7.28. The molecule has 1 atom stereocenters. The first kappa shape index (κ1) is 15.9. The zero-order chi connectivity index (χ0) is 15.1. The second kappa shape index (κ2) is 8.09. The van der Waals surface area contributed by atoms with Crippen LogP contribution >= 0.6 is 0 Å². The van der Waals surface area contributed by atoms with Crippen LogP contribution in [0.3, 0.4) is 0 Å². The van der Waals surface area contributed by atoms with E-state index in [2.05, 4.69) is 10.3 Å². The highest BCUT2D eigenvalue weighted by atomic mass is 16.5. The number of carbonyl (C=O) groups excluding carboxylic acids is 1. The van der Waals surface area contributed by atoms with Crippen molar-refractivity contribution in [3.63, 3.8) is 0 Å². The molecule has 1 aromatic carbocycles. The second-order valence-corrected chi connectivity index (χ2v) is 5.15. The van der Waals surface area contributed by atoms with Crippen LogP contribution in [0.15, 0.2) is 30.3 Å². The molecule has 6 nitrogen and oxygen atoms in total. The van der Waals surface area contributed by atoms with Gasteiger partial charge in [0, 0.05) is 13.1 Å². The number of hydrazine groups is 1. The van der Waals surface area contributed by atoms with Crippen LogP contribution in [-0.2, 0) is 9.53 Å². The molecule has 1 aromatic rings. The number of nitrogens with one attached hydrogen (secondary N) is 1. The van der Waals surface area contributed by atoms with Gasteiger partial charge in [0.05, 0.1) is 19.3 Å². The van der Waals surface area contributed by atoms with E-state index in [0.29, 0.717) is 6.61 Å². The van der Waals surface area contributed by atoms with E-state index in [-0.39, 0.29) is 24.7 Å². The third-order valence-corrected chi connectivity index (χ3v) is 3.79. The monoisotopic (exact) mass is 293 g/mol. The van der Waals surface area contributed by atoms with E-state index in [0.717, 1.165) is 31.5 Å². The van der Waals surface area contributed by atoms with Gasteiger partial charge in [-0.3, -0.25) is 15.1 Å². The maximum atomic E-state index is 12.1. The van der Waals surface area contributed by atoms with Crippen molar-refractivity contribution in [3.05, 3.63) is 35.9 Å². The predicted octanol–water partition coefficient (Wildman–Crippen LogP) is 0.191. The minimum atomic E-state index is -0.366. The molecule has 0 bridgehead atoms. The quantitative estimate of drug-likeness (QED) is 0.396. The molecule has 1 saturated heterocycles. The molecule has 21 heavy (non-hydrogen) atoms. The molecule has 0 aliphatic carbocycles. The largest absolute Gasteiger partial charge is 0.394 e. The zero-order valence-electron chi connectivity index (χ0n) is 12.1. The van der Waals surface area contributed by atoms with Gasteiger partial charge in [-0.15, -0.1) is 0 Å². The van der Waals surface area contributed by atoms with Crippen molar-refractivity contribution in [1.29, 1.82) is 0 Å². The average Bonchev–Trinajstić information content (AvgIpc) is 2.55. The highest BCUT2D eigenvalue weighted by Crippen LogP contribution is 2.25. The molecule has 1 aliphatic rings. The van der Waals surface area contributed by atoms with Crippen molar-refractivity contribution in [2.24, 2.45) is 5.84 Å². The first-order valence-electron chi connectivity index (χ1n) is 7.28. The van der Waals surface area contributed by atoms with Crippen molar-refractivity contribution in [3.8, 4) is 0 Å². The summed E-state index contributed by atoms with van der Waals surface area (Å²) in [6.07, 6.45) is 1.85. The number of likely N-dealkylation sites (tertiary alicyclic amines) is 1. The second-order valence-electron chi connectivity index (χ2n) is 5.15. The highest BCUT2D eigenvalue weighted by molar-refractivity contribution is 5.82. The zero-order valence-corrected chi connectivity index (χ0v) is 12.1. The summed E-state index contributed by atoms with van der Waals surface area (Å²) in [5, 5.41) is 8.79. The summed E-state index contributed by atoms with van der Waals surface area (Å²) in [6.45, 7) is 1.95. The number of nitrogens with zero attached hydrogens (tertiary/aromatic N) is 1. The van der Waals surface area contributed by atoms with E-state index in [1.165, 1.54) is 0 Å². The predicted molar refractivity (Wildman–Crippen MR) is 79.1 cm³/mol. The molecule has 1 heterocycles. The summed E-state index contributed by atoms with van der Waals surface area (Å²) in [6, 6.07) is 9.28. The molecule has 6 heteroatoms. The average molecular weight is 293 g/mol. The number of carbonyl (C=O) groups is 1. The topological polar surface area (TPSA) is 87.8 Å². The summed E-state index contributed by atoms with van der Waals surface area (Å²) in [7, 11) is 0. The van der Waals surface area contributed by atoms with Gasteiger partial charge in [-0.05, 0) is 18.4 Å². The standard InChI is InChI=1S/C15H23N3O3/c16-17-15(20)14(12-4-2-1-3-5-12)18-8-6-13(7-9-18)21-11-10-19/h1-5,13-14,19H,6-11,16H2,(H,17,20). The van der Waals surface area contributed by atoms with Gasteiger partial charge in [0.25, 0.3) is 5.91 Å². The number of ether oxygens (including phenoxy) is 1. The van der Waals surface area contributed by atoms with Crippen LogP contribution in [0, 0.1) is 0 Å². The van der Waals surface area contributed by atoms with E-state index in [1.807, 2.05) is 30.3 Å². The first-order chi connectivity index (χ1) is 10.3. The number of amides is 1. The van der Waals surface area contributed by atoms with Gasteiger partial charge in [0.15, 0.2) is 0 Å². The van der Waals surface area contributed by atoms with Crippen molar-refractivity contribution < 1.29 is 14.6 Å². The Morgan fingerprint density at radius 3 is 2.62 bits per heavy atom. The summed E-state index contributed by atoms with van der Waals surface area (Å²) in [5.41, 5.74) is 3.20. The van der Waals surface area contributed by atoms with Crippen molar-refractivity contribution >= 4 is 5.91 Å². The molecular formula is C15H23N3O3. The highest BCUT2D eigenvalue weighted by Gasteiger charge is 2.30. The number of rotatable bonds is 6. The van der Waals surface area contributed by atoms with E-state index in [1.54, 1.807) is 0 Å². The Bertz CT molecular complexity index is 433. The fraction of sp³-hybridized carbons (Fsp3) is 0.533. The van der Waals surface area contributed by atoms with E-state index in [4.69, 9.17) is 15.7 Å². The fourth-order valence-corrected chi connectivity index (χ4v) is 2.76. The molecule has 1 aliphatic heterocycles. The van der Waals surface area contributed by atoms with Crippen LogP contribution in [0.5, 0.6) is 0 Å². The SMILES string of the molecule is NNC(=O)C(c1ccccc1)N1CCC(OCCO)CC1. The van der Waals surface area contributed by atoms with Crippen LogP contribution < -0.4 is 11.3 Å². The third-order valence-electron chi connectivity index (χ3n) is 3.79. The summed E-state index contributed by atoms with van der Waals surface area (Å²) in [4.78, 5) is 14.2. The van der Waals surface area contributed by atoms with Crippen molar-refractivity contribution in [2.75, 3.05) is 26.3 Å². The lowest BCUT2D eigenvalue weighted by Crippen LogP contribution is -2.47. The maximum absolute atomic E-state index is 12.1. The van der Waals surface area contributed by atoms with Crippen LogP contribution in [0.25, 0.3) is 0 Å². The molecule has 1 amide bonds. The lowest BCUT2D eigenvalue weighted by atomic mass is 10.00. The van der Waals surface area contributed by atoms with Crippen molar-refractivity contribution in [1.82, 2.24) is 10.3 Å². The van der Waals surface area contributed by atoms with Gasteiger partial charge >= 0.3 is 0 Å². The number of aliphatic hydroxyl groups excluding tert-OH is 1. The van der Waals surface area contributed by atoms with E-state index >= 15 is 0 Å². The van der Waals surface area contributed by atoms with Crippen LogP contribution in [0.1, 0.15) is 24.4 Å². The Morgan fingerprint density at radius 2 is 2.05 bits per heavy atom. The molecule has 1 fully saturated rings. The van der Waals surface area contributed by atoms with Crippen molar-refractivity contribution in [2.45, 2.75) is 25.0 Å². The van der Waals surface area contributed by atoms with Crippen LogP contribution in [-0.4, -0.2) is 48.3 Å². The normalized spacial score (nSPS) is 18.4. The summed E-state index contributed by atoms with van der Waals surface area (Å²) >= 11 is 0. The number of piperidine rings is 1. The van der Waals surface area contributed by atoms with Crippen LogP contribution in [0.4, 0.5) is 0 Å². The van der Waals surface area contributed by atoms with Gasteiger partial charge in [-0.2, -0.15) is 0 Å². The van der Waals surface area contributed by atoms with Gasteiger partial charge in [0.2, 0.25) is 0 Å². The van der Waals surface area contributed by atoms with E-state index < -0.39 is 0 Å². The molecule has 0 aromatic heterocycles. The smallest absolute Gasteiger partial charge is 0.255 e. The van der Waals surface area contributed by atoms with Gasteiger partial charge in [0.1, 0.15) is 6.04 Å². The lowest BCUT2D eigenvalue weighted by Gasteiger charge is -2.36. The molecule has 0 saturated carbocycles. The molecule has 1 unspecified atom stereocenters. The number of hydrogen-bond acceptors (Lipinski definition) is 5. The number of aliphatic hydroxyl groups is 1. The number of benzene rings is 1. The van der Waals surface area contributed by atoms with Gasteiger partial charge in [-0.1, -0.05) is 30.3 Å². The maximum Gasteiger partial charge on any atom is 0.255 e. The minimum Gasteiger partial charge on any atom is -0.394 e. The Kier molecular flexibility index (Phi) is 6.13. The molecule has 4 N–H and O–H groups in total. The molecular weight excluding hydrogens is 270 g/mol. The van der Waals surface area contributed by atoms with Gasteiger partial charge < -0.3 is 9.84 Å².